The number of hydrogen-bond donors (Lipinski definition) is 0. The lowest BCUT2D eigenvalue weighted by Gasteiger charge is -2.19. The lowest BCUT2D eigenvalue weighted by Crippen LogP contribution is -2.27. The van der Waals surface area contributed by atoms with Crippen LogP contribution in [0.15, 0.2) is 70.0 Å². The molecule has 0 fully saturated rings. The number of carbonyl (C=O) groups is 1. The van der Waals surface area contributed by atoms with Gasteiger partial charge >= 0.3 is 6.18 Å². The Kier molecular flexibility index (Phi) is 5.39. The second-order valence-corrected chi connectivity index (χ2v) is 6.25. The maximum absolute atomic E-state index is 13.1. The third kappa shape index (κ3) is 4.33. The average molecular weight is 390 g/mol. The van der Waals surface area contributed by atoms with Crippen molar-refractivity contribution in [1.29, 1.82) is 0 Å². The molecule has 0 atom stereocenters. The molecule has 0 spiro atoms. The van der Waals surface area contributed by atoms with Gasteiger partial charge in [-0.3, -0.25) is 9.59 Å². The van der Waals surface area contributed by atoms with Gasteiger partial charge in [0.05, 0.1) is 12.1 Å². The Morgan fingerprint density at radius 2 is 1.79 bits per heavy atom. The molecule has 2 heterocycles. The van der Waals surface area contributed by atoms with Crippen LogP contribution in [0.1, 0.15) is 27.4 Å². The predicted molar refractivity (Wildman–Crippen MR) is 95.8 cm³/mol. The van der Waals surface area contributed by atoms with Gasteiger partial charge in [0, 0.05) is 25.9 Å². The van der Waals surface area contributed by atoms with E-state index in [2.05, 4.69) is 0 Å². The standard InChI is InChI=1S/C20H17F3N2O3/c1-24(12-14-6-2-3-7-16(14)20(21,22)23)19(27)17-10-9-15(28-17)13-25-11-5-4-8-18(25)26/h2-11H,12-13H2,1H3. The number of benzene rings is 1. The third-order valence-corrected chi connectivity index (χ3v) is 4.17. The quantitative estimate of drug-likeness (QED) is 0.666. The molecule has 0 aliphatic rings. The summed E-state index contributed by atoms with van der Waals surface area (Å²) < 4.78 is 46.2. The Morgan fingerprint density at radius 1 is 1.07 bits per heavy atom. The van der Waals surface area contributed by atoms with Crippen LogP contribution in [-0.4, -0.2) is 22.4 Å². The molecule has 0 unspecified atom stereocenters. The summed E-state index contributed by atoms with van der Waals surface area (Å²) in [6, 6.07) is 12.8. The number of carbonyl (C=O) groups excluding carboxylic acids is 1. The molecule has 0 bridgehead atoms. The number of furan rings is 1. The van der Waals surface area contributed by atoms with Crippen molar-refractivity contribution < 1.29 is 22.4 Å². The summed E-state index contributed by atoms with van der Waals surface area (Å²) >= 11 is 0. The summed E-state index contributed by atoms with van der Waals surface area (Å²) in [5.41, 5.74) is -1.00. The van der Waals surface area contributed by atoms with E-state index in [-0.39, 0.29) is 30.0 Å². The summed E-state index contributed by atoms with van der Waals surface area (Å²) in [5, 5.41) is 0. The number of alkyl halides is 3. The predicted octanol–water partition coefficient (Wildman–Crippen LogP) is 3.78. The zero-order chi connectivity index (χ0) is 20.3. The van der Waals surface area contributed by atoms with E-state index in [1.807, 2.05) is 0 Å². The molecule has 1 amide bonds. The molecule has 0 saturated heterocycles. The van der Waals surface area contributed by atoms with Crippen LogP contribution in [0.4, 0.5) is 13.2 Å². The lowest BCUT2D eigenvalue weighted by atomic mass is 10.1. The van der Waals surface area contributed by atoms with E-state index in [1.165, 1.54) is 41.9 Å². The Bertz CT molecular complexity index is 1040. The number of rotatable bonds is 5. The number of hydrogen-bond acceptors (Lipinski definition) is 3. The van der Waals surface area contributed by atoms with Gasteiger partial charge in [-0.25, -0.2) is 0 Å². The van der Waals surface area contributed by atoms with Crippen LogP contribution >= 0.6 is 0 Å². The molecule has 2 aromatic heterocycles. The first-order valence-corrected chi connectivity index (χ1v) is 8.40. The first-order chi connectivity index (χ1) is 13.3. The molecule has 8 heteroatoms. The summed E-state index contributed by atoms with van der Waals surface area (Å²) in [4.78, 5) is 25.4. The van der Waals surface area contributed by atoms with Gasteiger partial charge in [0.1, 0.15) is 5.76 Å². The van der Waals surface area contributed by atoms with Crippen LogP contribution in [0.5, 0.6) is 0 Å². The van der Waals surface area contributed by atoms with E-state index < -0.39 is 17.6 Å². The first kappa shape index (κ1) is 19.5. The van der Waals surface area contributed by atoms with E-state index in [0.717, 1.165) is 11.0 Å². The number of nitrogens with zero attached hydrogens (tertiary/aromatic N) is 2. The highest BCUT2D eigenvalue weighted by atomic mass is 19.4. The van der Waals surface area contributed by atoms with Crippen LogP contribution in [0, 0.1) is 0 Å². The number of pyridine rings is 1. The van der Waals surface area contributed by atoms with Crippen molar-refractivity contribution >= 4 is 5.91 Å². The second-order valence-electron chi connectivity index (χ2n) is 6.25. The number of aromatic nitrogens is 1. The summed E-state index contributed by atoms with van der Waals surface area (Å²) in [6.45, 7) is -0.0731. The summed E-state index contributed by atoms with van der Waals surface area (Å²) in [6.07, 6.45) is -2.91. The molecule has 0 radical (unpaired) electrons. The molecule has 1 aromatic carbocycles. The maximum Gasteiger partial charge on any atom is 0.416 e. The average Bonchev–Trinajstić information content (AvgIpc) is 3.11. The molecular weight excluding hydrogens is 373 g/mol. The van der Waals surface area contributed by atoms with Gasteiger partial charge in [0.15, 0.2) is 5.76 Å². The molecular formula is C20H17F3N2O3. The first-order valence-electron chi connectivity index (χ1n) is 8.40. The monoisotopic (exact) mass is 390 g/mol. The lowest BCUT2D eigenvalue weighted by molar-refractivity contribution is -0.138. The molecule has 28 heavy (non-hydrogen) atoms. The molecule has 146 valence electrons. The SMILES string of the molecule is CN(Cc1ccccc1C(F)(F)F)C(=O)c1ccc(Cn2ccccc2=O)o1. The Balaban J connectivity index is 1.74. The Labute approximate surface area is 158 Å². The number of amides is 1. The molecule has 0 aliphatic heterocycles. The summed E-state index contributed by atoms with van der Waals surface area (Å²) in [5.74, 6) is -0.171. The highest BCUT2D eigenvalue weighted by Gasteiger charge is 2.33. The van der Waals surface area contributed by atoms with E-state index in [0.29, 0.717) is 5.76 Å². The third-order valence-electron chi connectivity index (χ3n) is 4.17. The zero-order valence-corrected chi connectivity index (χ0v) is 14.9. The van der Waals surface area contributed by atoms with E-state index in [1.54, 1.807) is 24.4 Å². The minimum Gasteiger partial charge on any atom is -0.454 e. The topological polar surface area (TPSA) is 55.5 Å². The zero-order valence-electron chi connectivity index (χ0n) is 14.9. The van der Waals surface area contributed by atoms with Crippen LogP contribution in [0.25, 0.3) is 0 Å². The molecule has 0 aliphatic carbocycles. The Hall–Kier alpha value is -3.29. The van der Waals surface area contributed by atoms with Crippen molar-refractivity contribution in [2.24, 2.45) is 0 Å². The highest BCUT2D eigenvalue weighted by molar-refractivity contribution is 5.91. The normalized spacial score (nSPS) is 11.4. The van der Waals surface area contributed by atoms with Crippen LogP contribution in [0.3, 0.4) is 0 Å². The van der Waals surface area contributed by atoms with E-state index >= 15 is 0 Å². The molecule has 0 N–H and O–H groups in total. The van der Waals surface area contributed by atoms with Gasteiger partial charge < -0.3 is 13.9 Å². The fraction of sp³-hybridized carbons (Fsp3) is 0.200. The van der Waals surface area contributed by atoms with E-state index in [4.69, 9.17) is 4.42 Å². The minimum atomic E-state index is -4.50. The fourth-order valence-corrected chi connectivity index (χ4v) is 2.79. The van der Waals surface area contributed by atoms with Crippen molar-refractivity contribution in [3.63, 3.8) is 0 Å². The highest BCUT2D eigenvalue weighted by Crippen LogP contribution is 2.32. The van der Waals surface area contributed by atoms with Gasteiger partial charge in [-0.1, -0.05) is 24.3 Å². The minimum absolute atomic E-state index is 0.00605. The van der Waals surface area contributed by atoms with Crippen molar-refractivity contribution in [2.45, 2.75) is 19.3 Å². The summed E-state index contributed by atoms with van der Waals surface area (Å²) in [7, 11) is 1.40. The maximum atomic E-state index is 13.1. The van der Waals surface area contributed by atoms with Gasteiger partial charge in [0.25, 0.3) is 11.5 Å². The van der Waals surface area contributed by atoms with Crippen molar-refractivity contribution in [1.82, 2.24) is 9.47 Å². The molecule has 5 nitrogen and oxygen atoms in total. The van der Waals surface area contributed by atoms with Gasteiger partial charge in [-0.05, 0) is 29.8 Å². The number of halogens is 3. The van der Waals surface area contributed by atoms with Crippen LogP contribution in [0.2, 0.25) is 0 Å². The van der Waals surface area contributed by atoms with Gasteiger partial charge in [-0.2, -0.15) is 13.2 Å². The molecule has 3 aromatic rings. The molecule has 3 rings (SSSR count). The van der Waals surface area contributed by atoms with Crippen molar-refractivity contribution in [2.75, 3.05) is 7.05 Å². The second kappa shape index (κ2) is 7.75. The van der Waals surface area contributed by atoms with Crippen LogP contribution in [-0.2, 0) is 19.3 Å². The van der Waals surface area contributed by atoms with Crippen LogP contribution < -0.4 is 5.56 Å². The van der Waals surface area contributed by atoms with Gasteiger partial charge in [0.2, 0.25) is 0 Å². The largest absolute Gasteiger partial charge is 0.454 e. The Morgan fingerprint density at radius 3 is 2.50 bits per heavy atom. The molecule has 0 saturated carbocycles. The smallest absolute Gasteiger partial charge is 0.416 e. The van der Waals surface area contributed by atoms with Crippen molar-refractivity contribution in [3.05, 3.63) is 93.8 Å². The van der Waals surface area contributed by atoms with Gasteiger partial charge in [-0.15, -0.1) is 0 Å². The van der Waals surface area contributed by atoms with Crippen molar-refractivity contribution in [3.8, 4) is 0 Å². The fourth-order valence-electron chi connectivity index (χ4n) is 2.79. The van der Waals surface area contributed by atoms with E-state index in [9.17, 15) is 22.8 Å².